The number of ketones is 1. The number of amides is 1. The van der Waals surface area contributed by atoms with Crippen molar-refractivity contribution < 1.29 is 24.2 Å². The fraction of sp³-hybridized carbons (Fsp3) is 0.125. The minimum atomic E-state index is -0.840. The van der Waals surface area contributed by atoms with Gasteiger partial charge in [0.2, 0.25) is 0 Å². The van der Waals surface area contributed by atoms with Crippen LogP contribution in [0.4, 0.5) is 5.69 Å². The molecule has 0 spiro atoms. The Labute approximate surface area is 188 Å². The van der Waals surface area contributed by atoms with Crippen LogP contribution in [0.1, 0.15) is 17.2 Å². The number of aliphatic hydroxyl groups is 1. The van der Waals surface area contributed by atoms with E-state index in [2.05, 4.69) is 4.98 Å². The Hall–Kier alpha value is -3.84. The number of ether oxygens (including phenoxy) is 2. The molecule has 1 aromatic heterocycles. The number of anilines is 1. The maximum absolute atomic E-state index is 13.1. The highest BCUT2D eigenvalue weighted by Gasteiger charge is 2.47. The molecule has 3 heterocycles. The van der Waals surface area contributed by atoms with E-state index in [-0.39, 0.29) is 11.3 Å². The van der Waals surface area contributed by atoms with Crippen LogP contribution in [0.15, 0.2) is 72.6 Å². The number of carbonyl (C=O) groups excluding carboxylic acids is 2. The Bertz CT molecular complexity index is 1240. The van der Waals surface area contributed by atoms with E-state index in [0.29, 0.717) is 46.5 Å². The van der Waals surface area contributed by atoms with Crippen LogP contribution in [-0.2, 0) is 9.59 Å². The summed E-state index contributed by atoms with van der Waals surface area (Å²) in [5.74, 6) is -0.797. The number of halogens is 1. The molecule has 1 amide bonds. The lowest BCUT2D eigenvalue weighted by Gasteiger charge is -2.25. The molecule has 1 unspecified atom stereocenters. The molecule has 1 N–H and O–H groups in total. The SMILES string of the molecule is O=C1C(=O)N(c2ccc(Cl)cc2)C(c2ccncc2)/C1=C(/O)c1ccc2c(c1)OCCO2. The van der Waals surface area contributed by atoms with Crippen molar-refractivity contribution in [2.45, 2.75) is 6.04 Å². The lowest BCUT2D eigenvalue weighted by molar-refractivity contribution is -0.132. The fourth-order valence-electron chi connectivity index (χ4n) is 3.91. The number of hydrogen-bond donors (Lipinski definition) is 1. The van der Waals surface area contributed by atoms with Gasteiger partial charge in [0.05, 0.1) is 11.6 Å². The number of nitrogens with zero attached hydrogens (tertiary/aromatic N) is 2. The van der Waals surface area contributed by atoms with Crippen molar-refractivity contribution in [2.24, 2.45) is 0 Å². The minimum Gasteiger partial charge on any atom is -0.507 e. The van der Waals surface area contributed by atoms with Crippen LogP contribution in [0.5, 0.6) is 11.5 Å². The molecule has 2 aliphatic heterocycles. The first-order valence-electron chi connectivity index (χ1n) is 9.91. The van der Waals surface area contributed by atoms with Crippen molar-refractivity contribution in [3.63, 3.8) is 0 Å². The molecule has 5 rings (SSSR count). The van der Waals surface area contributed by atoms with E-state index in [1.165, 1.54) is 4.90 Å². The van der Waals surface area contributed by atoms with Crippen LogP contribution >= 0.6 is 11.6 Å². The Morgan fingerprint density at radius 3 is 2.38 bits per heavy atom. The van der Waals surface area contributed by atoms with Gasteiger partial charge in [0.25, 0.3) is 11.7 Å². The van der Waals surface area contributed by atoms with Crippen LogP contribution in [-0.4, -0.2) is 35.0 Å². The van der Waals surface area contributed by atoms with E-state index in [4.69, 9.17) is 21.1 Å². The highest BCUT2D eigenvalue weighted by molar-refractivity contribution is 6.51. The molecule has 7 nitrogen and oxygen atoms in total. The van der Waals surface area contributed by atoms with Gasteiger partial charge in [0, 0.05) is 28.7 Å². The standard InChI is InChI=1S/C24H17ClN2O5/c25-16-2-4-17(5-3-16)27-21(14-7-9-26-10-8-14)20(23(29)24(27)30)22(28)15-1-6-18-19(13-15)32-12-11-31-18/h1-10,13,21,28H,11-12H2/b22-20-. The molecule has 2 aliphatic rings. The number of fused-ring (bicyclic) bond motifs is 1. The maximum atomic E-state index is 13.1. The molecule has 1 fully saturated rings. The first-order valence-corrected chi connectivity index (χ1v) is 10.3. The van der Waals surface area contributed by atoms with E-state index in [0.717, 1.165) is 0 Å². The van der Waals surface area contributed by atoms with Crippen molar-refractivity contribution in [1.82, 2.24) is 4.98 Å². The van der Waals surface area contributed by atoms with Crippen molar-refractivity contribution in [2.75, 3.05) is 18.1 Å². The van der Waals surface area contributed by atoms with Crippen LogP contribution in [0.2, 0.25) is 5.02 Å². The number of rotatable bonds is 3. The number of aromatic nitrogens is 1. The first kappa shape index (κ1) is 20.1. The molecular formula is C24H17ClN2O5. The van der Waals surface area contributed by atoms with Gasteiger partial charge in [-0.15, -0.1) is 0 Å². The quantitative estimate of drug-likeness (QED) is 0.368. The van der Waals surface area contributed by atoms with Crippen LogP contribution in [0.3, 0.4) is 0 Å². The van der Waals surface area contributed by atoms with Gasteiger partial charge in [-0.25, -0.2) is 0 Å². The summed E-state index contributed by atoms with van der Waals surface area (Å²) in [4.78, 5) is 31.6. The van der Waals surface area contributed by atoms with Gasteiger partial charge in [-0.3, -0.25) is 19.5 Å². The number of benzene rings is 2. The second kappa shape index (κ2) is 8.01. The summed E-state index contributed by atoms with van der Waals surface area (Å²) in [5.41, 5.74) is 1.45. The van der Waals surface area contributed by atoms with E-state index >= 15 is 0 Å². The summed E-state index contributed by atoms with van der Waals surface area (Å²) in [6.07, 6.45) is 3.14. The van der Waals surface area contributed by atoms with Crippen molar-refractivity contribution in [1.29, 1.82) is 0 Å². The molecule has 8 heteroatoms. The Morgan fingerprint density at radius 1 is 0.969 bits per heavy atom. The normalized spacial score (nSPS) is 19.3. The highest BCUT2D eigenvalue weighted by Crippen LogP contribution is 2.43. The zero-order valence-electron chi connectivity index (χ0n) is 16.7. The average molecular weight is 449 g/mol. The Kier molecular flexibility index (Phi) is 5.03. The number of Topliss-reactive ketones (excluding diaryl/α,β-unsaturated/α-hetero) is 1. The Morgan fingerprint density at radius 2 is 1.66 bits per heavy atom. The zero-order chi connectivity index (χ0) is 22.2. The topological polar surface area (TPSA) is 89.0 Å². The summed E-state index contributed by atoms with van der Waals surface area (Å²) in [7, 11) is 0. The van der Waals surface area contributed by atoms with Gasteiger partial charge >= 0.3 is 0 Å². The van der Waals surface area contributed by atoms with E-state index < -0.39 is 17.7 Å². The van der Waals surface area contributed by atoms with Gasteiger partial charge in [0.15, 0.2) is 11.5 Å². The molecule has 0 radical (unpaired) electrons. The van der Waals surface area contributed by atoms with E-state index in [1.54, 1.807) is 67.0 Å². The molecule has 32 heavy (non-hydrogen) atoms. The number of pyridine rings is 1. The molecule has 160 valence electrons. The Balaban J connectivity index is 1.68. The largest absolute Gasteiger partial charge is 0.507 e. The zero-order valence-corrected chi connectivity index (χ0v) is 17.5. The number of hydrogen-bond acceptors (Lipinski definition) is 6. The second-order valence-corrected chi connectivity index (χ2v) is 7.72. The lowest BCUT2D eigenvalue weighted by Crippen LogP contribution is -2.29. The van der Waals surface area contributed by atoms with Gasteiger partial charge in [0.1, 0.15) is 19.0 Å². The molecule has 0 bridgehead atoms. The smallest absolute Gasteiger partial charge is 0.300 e. The summed E-state index contributed by atoms with van der Waals surface area (Å²) in [6, 6.07) is 14.1. The summed E-state index contributed by atoms with van der Waals surface area (Å²) < 4.78 is 11.1. The van der Waals surface area contributed by atoms with Gasteiger partial charge in [-0.05, 0) is 60.2 Å². The summed E-state index contributed by atoms with van der Waals surface area (Å²) in [5, 5.41) is 11.7. The third-order valence-electron chi connectivity index (χ3n) is 5.39. The molecule has 0 aliphatic carbocycles. The summed E-state index contributed by atoms with van der Waals surface area (Å²) >= 11 is 6.00. The van der Waals surface area contributed by atoms with Crippen molar-refractivity contribution >= 4 is 34.7 Å². The van der Waals surface area contributed by atoms with E-state index in [9.17, 15) is 14.7 Å². The number of aliphatic hydroxyl groups excluding tert-OH is 1. The second-order valence-electron chi connectivity index (χ2n) is 7.28. The molecule has 1 saturated heterocycles. The summed E-state index contributed by atoms with van der Waals surface area (Å²) in [6.45, 7) is 0.821. The van der Waals surface area contributed by atoms with Crippen LogP contribution in [0, 0.1) is 0 Å². The monoisotopic (exact) mass is 448 g/mol. The van der Waals surface area contributed by atoms with Gasteiger partial charge in [-0.2, -0.15) is 0 Å². The average Bonchev–Trinajstić information content (AvgIpc) is 3.10. The van der Waals surface area contributed by atoms with Gasteiger partial charge < -0.3 is 14.6 Å². The molecule has 3 aromatic rings. The predicted molar refractivity (Wildman–Crippen MR) is 118 cm³/mol. The van der Waals surface area contributed by atoms with E-state index in [1.807, 2.05) is 0 Å². The fourth-order valence-corrected chi connectivity index (χ4v) is 4.03. The van der Waals surface area contributed by atoms with Gasteiger partial charge in [-0.1, -0.05) is 11.6 Å². The minimum absolute atomic E-state index is 0.0205. The first-order chi connectivity index (χ1) is 15.5. The van der Waals surface area contributed by atoms with Crippen molar-refractivity contribution in [3.8, 4) is 11.5 Å². The molecule has 1 atom stereocenters. The predicted octanol–water partition coefficient (Wildman–Crippen LogP) is 4.13. The number of carbonyl (C=O) groups is 2. The molecule has 0 saturated carbocycles. The van der Waals surface area contributed by atoms with Crippen LogP contribution < -0.4 is 14.4 Å². The maximum Gasteiger partial charge on any atom is 0.300 e. The van der Waals surface area contributed by atoms with Crippen LogP contribution in [0.25, 0.3) is 5.76 Å². The lowest BCUT2D eigenvalue weighted by atomic mass is 9.95. The third-order valence-corrected chi connectivity index (χ3v) is 5.64. The van der Waals surface area contributed by atoms with Crippen molar-refractivity contribution in [3.05, 3.63) is 88.7 Å². The molecular weight excluding hydrogens is 432 g/mol. The molecule has 2 aromatic carbocycles. The highest BCUT2D eigenvalue weighted by atomic mass is 35.5. The third kappa shape index (κ3) is 3.36.